The molecule has 2 N–H and O–H groups in total. The lowest BCUT2D eigenvalue weighted by Gasteiger charge is -1.98. The van der Waals surface area contributed by atoms with Crippen LogP contribution in [0.2, 0.25) is 0 Å². The largest absolute Gasteiger partial charge is 0.330 e. The minimum absolute atomic E-state index is 0. The topological polar surface area (TPSA) is 26.0 Å². The highest BCUT2D eigenvalue weighted by Crippen LogP contribution is 2.03. The van der Waals surface area contributed by atoms with Crippen LogP contribution in [-0.4, -0.2) is 6.54 Å². The summed E-state index contributed by atoms with van der Waals surface area (Å²) in [5.41, 5.74) is 8.06. The summed E-state index contributed by atoms with van der Waals surface area (Å²) in [7, 11) is 0. The van der Waals surface area contributed by atoms with Crippen molar-refractivity contribution in [1.82, 2.24) is 0 Å². The first-order chi connectivity index (χ1) is 4.83. The molecule has 1 rings (SSSR count). The van der Waals surface area contributed by atoms with Crippen molar-refractivity contribution in [1.29, 1.82) is 0 Å². The van der Waals surface area contributed by atoms with Gasteiger partial charge in [-0.05, 0) is 25.5 Å². The lowest BCUT2D eigenvalue weighted by Crippen LogP contribution is -2.02. The molecule has 0 aliphatic rings. The van der Waals surface area contributed by atoms with Gasteiger partial charge in [0.25, 0.3) is 0 Å². The van der Waals surface area contributed by atoms with E-state index in [0.29, 0.717) is 0 Å². The quantitative estimate of drug-likeness (QED) is 0.688. The predicted molar refractivity (Wildman–Crippen MR) is 50.7 cm³/mol. The van der Waals surface area contributed by atoms with Crippen LogP contribution in [0.3, 0.4) is 0 Å². The molecule has 11 heavy (non-hydrogen) atoms. The van der Waals surface area contributed by atoms with E-state index in [1.807, 2.05) is 0 Å². The van der Waals surface area contributed by atoms with Gasteiger partial charge in [-0.2, -0.15) is 0 Å². The lowest BCUT2D eigenvalue weighted by atomic mass is 10.1. The lowest BCUT2D eigenvalue weighted by molar-refractivity contribution is 0.967. The average molecular weight is 151 g/mol. The highest BCUT2D eigenvalue weighted by Gasteiger charge is 1.89. The second-order valence-corrected chi connectivity index (χ2v) is 2.53. The smallest absolute Gasteiger partial charge is 0.00367 e. The summed E-state index contributed by atoms with van der Waals surface area (Å²) in [6.45, 7) is 2.84. The molecule has 0 bridgehead atoms. The van der Waals surface area contributed by atoms with Crippen molar-refractivity contribution in [3.8, 4) is 0 Å². The number of hydrogen-bond acceptors (Lipinski definition) is 1. The maximum Gasteiger partial charge on any atom is -0.00367 e. The summed E-state index contributed by atoms with van der Waals surface area (Å²) >= 11 is 0. The monoisotopic (exact) mass is 151 g/mol. The number of aryl methyl sites for hydroxylation is 1. The van der Waals surface area contributed by atoms with E-state index in [4.69, 9.17) is 5.73 Å². The highest BCUT2D eigenvalue weighted by atomic mass is 14.5. The standard InChI is InChI=1S/C9H13N.CH4/c1-8-3-2-4-9(7-8)5-6-10;/h2-4,7H,5-6,10H2,1H3;1H4. The Labute approximate surface area is 69.2 Å². The van der Waals surface area contributed by atoms with Crippen LogP contribution in [-0.2, 0) is 6.42 Å². The van der Waals surface area contributed by atoms with Crippen LogP contribution in [0.15, 0.2) is 24.3 Å². The molecule has 0 unspecified atom stereocenters. The minimum Gasteiger partial charge on any atom is -0.330 e. The van der Waals surface area contributed by atoms with Crippen LogP contribution in [0.25, 0.3) is 0 Å². The van der Waals surface area contributed by atoms with E-state index in [-0.39, 0.29) is 7.43 Å². The third kappa shape index (κ3) is 3.19. The molecule has 0 amide bonds. The van der Waals surface area contributed by atoms with E-state index in [0.717, 1.165) is 13.0 Å². The Bertz CT molecular complexity index is 206. The van der Waals surface area contributed by atoms with Gasteiger partial charge in [-0.15, -0.1) is 0 Å². The van der Waals surface area contributed by atoms with Gasteiger partial charge in [0.2, 0.25) is 0 Å². The van der Waals surface area contributed by atoms with Crippen molar-refractivity contribution in [2.45, 2.75) is 20.8 Å². The summed E-state index contributed by atoms with van der Waals surface area (Å²) < 4.78 is 0. The molecule has 0 saturated heterocycles. The maximum atomic E-state index is 5.41. The number of hydrogen-bond donors (Lipinski definition) is 1. The molecule has 1 nitrogen and oxygen atoms in total. The zero-order chi connectivity index (χ0) is 7.40. The van der Waals surface area contributed by atoms with Crippen molar-refractivity contribution >= 4 is 0 Å². The van der Waals surface area contributed by atoms with E-state index >= 15 is 0 Å². The van der Waals surface area contributed by atoms with Gasteiger partial charge < -0.3 is 5.73 Å². The van der Waals surface area contributed by atoms with Gasteiger partial charge in [-0.3, -0.25) is 0 Å². The summed E-state index contributed by atoms with van der Waals surface area (Å²) in [6, 6.07) is 8.45. The van der Waals surface area contributed by atoms with Gasteiger partial charge in [0.1, 0.15) is 0 Å². The fourth-order valence-corrected chi connectivity index (χ4v) is 1.03. The fraction of sp³-hybridized carbons (Fsp3) is 0.400. The summed E-state index contributed by atoms with van der Waals surface area (Å²) in [6.07, 6.45) is 0.988. The predicted octanol–water partition coefficient (Wildman–Crippen LogP) is 2.13. The van der Waals surface area contributed by atoms with Crippen LogP contribution < -0.4 is 5.73 Å². The third-order valence-electron chi connectivity index (χ3n) is 1.52. The Morgan fingerprint density at radius 1 is 1.36 bits per heavy atom. The van der Waals surface area contributed by atoms with E-state index in [9.17, 15) is 0 Å². The second-order valence-electron chi connectivity index (χ2n) is 2.53. The summed E-state index contributed by atoms with van der Waals surface area (Å²) in [4.78, 5) is 0. The van der Waals surface area contributed by atoms with Crippen LogP contribution in [0.4, 0.5) is 0 Å². The maximum absolute atomic E-state index is 5.41. The molecule has 1 aromatic rings. The molecule has 0 spiro atoms. The molecule has 0 fully saturated rings. The molecule has 0 atom stereocenters. The van der Waals surface area contributed by atoms with Crippen molar-refractivity contribution in [3.05, 3.63) is 35.4 Å². The molecular formula is C10H17N. The SMILES string of the molecule is C.Cc1cccc(CCN)c1. The Morgan fingerprint density at radius 2 is 2.09 bits per heavy atom. The molecule has 0 aliphatic carbocycles. The summed E-state index contributed by atoms with van der Waals surface area (Å²) in [5.74, 6) is 0. The highest BCUT2D eigenvalue weighted by molar-refractivity contribution is 5.22. The van der Waals surface area contributed by atoms with E-state index in [1.165, 1.54) is 11.1 Å². The minimum atomic E-state index is 0. The molecule has 0 saturated carbocycles. The Balaban J connectivity index is 0.000001000. The van der Waals surface area contributed by atoms with E-state index < -0.39 is 0 Å². The van der Waals surface area contributed by atoms with E-state index in [1.54, 1.807) is 0 Å². The average Bonchev–Trinajstić information content (AvgIpc) is 1.88. The van der Waals surface area contributed by atoms with Crippen LogP contribution in [0, 0.1) is 6.92 Å². The van der Waals surface area contributed by atoms with Crippen molar-refractivity contribution in [2.75, 3.05) is 6.54 Å². The molecule has 1 aromatic carbocycles. The van der Waals surface area contributed by atoms with Crippen LogP contribution >= 0.6 is 0 Å². The zero-order valence-electron chi connectivity index (χ0n) is 6.30. The van der Waals surface area contributed by atoms with Crippen LogP contribution in [0.5, 0.6) is 0 Å². The van der Waals surface area contributed by atoms with Crippen molar-refractivity contribution in [3.63, 3.8) is 0 Å². The third-order valence-corrected chi connectivity index (χ3v) is 1.52. The fourth-order valence-electron chi connectivity index (χ4n) is 1.03. The normalized spacial score (nSPS) is 8.91. The molecule has 1 heteroatoms. The first-order valence-electron chi connectivity index (χ1n) is 3.58. The molecule has 0 heterocycles. The Hall–Kier alpha value is -0.820. The molecule has 0 aromatic heterocycles. The Kier molecular flexibility index (Phi) is 4.55. The number of benzene rings is 1. The van der Waals surface area contributed by atoms with Gasteiger partial charge in [-0.25, -0.2) is 0 Å². The number of nitrogens with two attached hydrogens (primary N) is 1. The van der Waals surface area contributed by atoms with Crippen LogP contribution in [0.1, 0.15) is 18.6 Å². The molecular weight excluding hydrogens is 134 g/mol. The van der Waals surface area contributed by atoms with Gasteiger partial charge >= 0.3 is 0 Å². The summed E-state index contributed by atoms with van der Waals surface area (Å²) in [5, 5.41) is 0. The van der Waals surface area contributed by atoms with Gasteiger partial charge in [0, 0.05) is 0 Å². The van der Waals surface area contributed by atoms with Crippen molar-refractivity contribution in [2.24, 2.45) is 5.73 Å². The van der Waals surface area contributed by atoms with E-state index in [2.05, 4.69) is 31.2 Å². The second kappa shape index (κ2) is 4.91. The first-order valence-corrected chi connectivity index (χ1v) is 3.58. The van der Waals surface area contributed by atoms with Gasteiger partial charge in [0.15, 0.2) is 0 Å². The molecule has 0 radical (unpaired) electrons. The molecule has 0 aliphatic heterocycles. The van der Waals surface area contributed by atoms with Gasteiger partial charge in [-0.1, -0.05) is 37.3 Å². The zero-order valence-corrected chi connectivity index (χ0v) is 6.30. The molecule has 62 valence electrons. The number of rotatable bonds is 2. The van der Waals surface area contributed by atoms with Crippen molar-refractivity contribution < 1.29 is 0 Å². The van der Waals surface area contributed by atoms with Gasteiger partial charge in [0.05, 0.1) is 0 Å². The first kappa shape index (κ1) is 10.2. The Morgan fingerprint density at radius 3 is 2.64 bits per heavy atom.